The fraction of sp³-hybridized carbons (Fsp3) is 0.917. The van der Waals surface area contributed by atoms with Gasteiger partial charge in [-0.1, -0.05) is 0 Å². The van der Waals surface area contributed by atoms with Gasteiger partial charge in [0.05, 0.1) is 31.6 Å². The van der Waals surface area contributed by atoms with Gasteiger partial charge in [-0.2, -0.15) is 7.05 Å². The van der Waals surface area contributed by atoms with Crippen molar-refractivity contribution in [1.82, 2.24) is 4.31 Å². The van der Waals surface area contributed by atoms with Crippen LogP contribution in [0.2, 0.25) is 0 Å². The number of sulfonamides is 1. The highest BCUT2D eigenvalue weighted by Crippen LogP contribution is 2.19. The normalized spacial score (nSPS) is 32.6. The minimum Gasteiger partial charge on any atom is -0.468 e. The van der Waals surface area contributed by atoms with Crippen molar-refractivity contribution in [1.29, 1.82) is 0 Å². The molecule has 18 heavy (non-hydrogen) atoms. The van der Waals surface area contributed by atoms with Crippen LogP contribution < -0.4 is 4.90 Å². The van der Waals surface area contributed by atoms with E-state index < -0.39 is 10.0 Å². The lowest BCUT2D eigenvalue weighted by Crippen LogP contribution is -3.08. The Labute approximate surface area is 110 Å². The predicted octanol–water partition coefficient (Wildman–Crippen LogP) is -0.734. The predicted molar refractivity (Wildman–Crippen MR) is 69.6 cm³/mol. The molecule has 2 aliphatic rings. The van der Waals surface area contributed by atoms with Crippen molar-refractivity contribution >= 4 is 10.0 Å². The smallest absolute Gasteiger partial charge is 0.211 e. The zero-order valence-corrected chi connectivity index (χ0v) is 11.9. The summed E-state index contributed by atoms with van der Waals surface area (Å²) in [5, 5.41) is 0. The molecule has 0 aromatic rings. The van der Waals surface area contributed by atoms with Gasteiger partial charge in [0.1, 0.15) is 0 Å². The van der Waals surface area contributed by atoms with Crippen LogP contribution in [0.5, 0.6) is 0 Å². The molecule has 106 valence electrons. The van der Waals surface area contributed by atoms with E-state index in [0.29, 0.717) is 19.2 Å². The molecular weight excluding hydrogens is 252 g/mol. The van der Waals surface area contributed by atoms with Gasteiger partial charge < -0.3 is 9.64 Å². The van der Waals surface area contributed by atoms with Crippen molar-refractivity contribution in [2.75, 3.05) is 32.4 Å². The Morgan fingerprint density at radius 3 is 2.11 bits per heavy atom. The lowest BCUT2D eigenvalue weighted by molar-refractivity contribution is -0.860. The molecule has 0 aromatic carbocycles. The standard InChI is InChI=1S/C12H24N2O3S/c1-13-7-3-11(4-8-13)17-12-5-9-14(10-6-12)18(2,15)16/h11-13H,1,3-10H2,2H3. The monoisotopic (exact) mass is 276 g/mol. The highest BCUT2D eigenvalue weighted by molar-refractivity contribution is 7.88. The molecule has 2 aliphatic heterocycles. The van der Waals surface area contributed by atoms with Crippen LogP contribution in [0.15, 0.2) is 0 Å². The van der Waals surface area contributed by atoms with E-state index in [0.717, 1.165) is 38.8 Å². The molecule has 0 radical (unpaired) electrons. The molecule has 0 bridgehead atoms. The van der Waals surface area contributed by atoms with E-state index in [9.17, 15) is 8.42 Å². The van der Waals surface area contributed by atoms with E-state index in [1.54, 1.807) is 4.31 Å². The molecule has 0 unspecified atom stereocenters. The SMILES string of the molecule is [CH2-][NH+]1CCC(OC2CCN(S(C)(=O)=O)CC2)CC1. The molecule has 6 heteroatoms. The Balaban J connectivity index is 1.74. The summed E-state index contributed by atoms with van der Waals surface area (Å²) in [5.41, 5.74) is 0. The van der Waals surface area contributed by atoms with E-state index in [1.807, 2.05) is 0 Å². The van der Waals surface area contributed by atoms with Gasteiger partial charge >= 0.3 is 0 Å². The van der Waals surface area contributed by atoms with Gasteiger partial charge in [-0.3, -0.25) is 0 Å². The maximum absolute atomic E-state index is 11.4. The van der Waals surface area contributed by atoms with Gasteiger partial charge in [0.2, 0.25) is 10.0 Å². The molecule has 2 saturated heterocycles. The van der Waals surface area contributed by atoms with Crippen LogP contribution in [0.3, 0.4) is 0 Å². The van der Waals surface area contributed by atoms with Crippen LogP contribution >= 0.6 is 0 Å². The van der Waals surface area contributed by atoms with Crippen LogP contribution in [0.1, 0.15) is 25.7 Å². The third-order valence-corrected chi connectivity index (χ3v) is 5.20. The minimum atomic E-state index is -3.02. The molecule has 1 N–H and O–H groups in total. The van der Waals surface area contributed by atoms with E-state index in [-0.39, 0.29) is 6.10 Å². The number of nitrogens with zero attached hydrogens (tertiary/aromatic N) is 1. The van der Waals surface area contributed by atoms with E-state index in [4.69, 9.17) is 4.74 Å². The summed E-state index contributed by atoms with van der Waals surface area (Å²) in [5.74, 6) is 0. The molecule has 0 amide bonds. The van der Waals surface area contributed by atoms with Crippen LogP contribution in [-0.2, 0) is 14.8 Å². The average molecular weight is 276 g/mol. The minimum absolute atomic E-state index is 0.236. The quantitative estimate of drug-likeness (QED) is 0.691. The molecule has 0 spiro atoms. The maximum atomic E-state index is 11.4. The maximum Gasteiger partial charge on any atom is 0.211 e. The zero-order valence-electron chi connectivity index (χ0n) is 11.1. The summed E-state index contributed by atoms with van der Waals surface area (Å²) in [7, 11) is 0.980. The molecule has 5 nitrogen and oxygen atoms in total. The number of nitrogens with one attached hydrogen (secondary N) is 1. The Morgan fingerprint density at radius 1 is 1.11 bits per heavy atom. The Kier molecular flexibility index (Phi) is 4.64. The summed E-state index contributed by atoms with van der Waals surface area (Å²) in [6.45, 7) is 3.35. The van der Waals surface area contributed by atoms with Crippen molar-refractivity contribution in [3.63, 3.8) is 0 Å². The van der Waals surface area contributed by atoms with Gasteiger partial charge in [0.25, 0.3) is 0 Å². The summed E-state index contributed by atoms with van der Waals surface area (Å²) in [6, 6.07) is 0. The Morgan fingerprint density at radius 2 is 1.61 bits per heavy atom. The summed E-state index contributed by atoms with van der Waals surface area (Å²) >= 11 is 0. The first-order valence-electron chi connectivity index (χ1n) is 6.72. The largest absolute Gasteiger partial charge is 0.468 e. The summed E-state index contributed by atoms with van der Waals surface area (Å²) in [6.07, 6.45) is 5.66. The van der Waals surface area contributed by atoms with Crippen LogP contribution in [0.25, 0.3) is 0 Å². The van der Waals surface area contributed by atoms with Crippen LogP contribution in [0, 0.1) is 7.05 Å². The summed E-state index contributed by atoms with van der Waals surface area (Å²) < 4.78 is 30.4. The second-order valence-electron chi connectivity index (χ2n) is 5.45. The van der Waals surface area contributed by atoms with Crippen molar-refractivity contribution in [3.8, 4) is 0 Å². The molecule has 0 saturated carbocycles. The number of likely N-dealkylation sites (tertiary alicyclic amines) is 1. The van der Waals surface area contributed by atoms with E-state index in [1.165, 1.54) is 11.2 Å². The van der Waals surface area contributed by atoms with Gasteiger partial charge in [-0.05, 0) is 12.8 Å². The lowest BCUT2D eigenvalue weighted by atomic mass is 10.1. The average Bonchev–Trinajstić information content (AvgIpc) is 2.32. The highest BCUT2D eigenvalue weighted by atomic mass is 32.2. The van der Waals surface area contributed by atoms with E-state index in [2.05, 4.69) is 7.05 Å². The van der Waals surface area contributed by atoms with Crippen LogP contribution in [-0.4, -0.2) is 57.4 Å². The highest BCUT2D eigenvalue weighted by Gasteiger charge is 2.28. The van der Waals surface area contributed by atoms with Crippen LogP contribution in [0.4, 0.5) is 0 Å². The molecule has 0 atom stereocenters. The first kappa shape index (κ1) is 14.2. The Bertz CT molecular complexity index is 356. The molecule has 2 fully saturated rings. The van der Waals surface area contributed by atoms with Crippen molar-refractivity contribution in [3.05, 3.63) is 7.05 Å². The molecule has 0 aromatic heterocycles. The van der Waals surface area contributed by atoms with E-state index >= 15 is 0 Å². The van der Waals surface area contributed by atoms with Gasteiger partial charge in [0.15, 0.2) is 0 Å². The molecule has 2 heterocycles. The second-order valence-corrected chi connectivity index (χ2v) is 7.43. The number of quaternary nitrogens is 1. The van der Waals surface area contributed by atoms with Crippen molar-refractivity contribution in [2.24, 2.45) is 0 Å². The first-order valence-corrected chi connectivity index (χ1v) is 8.57. The molecule has 0 aliphatic carbocycles. The first-order chi connectivity index (χ1) is 8.45. The number of hydrogen-bond acceptors (Lipinski definition) is 3. The topological polar surface area (TPSA) is 51.1 Å². The third kappa shape index (κ3) is 3.91. The number of rotatable bonds is 3. The molecular formula is C12H24N2O3S. The Hall–Kier alpha value is -0.170. The lowest BCUT2D eigenvalue weighted by Gasteiger charge is -2.36. The van der Waals surface area contributed by atoms with Gasteiger partial charge in [0, 0.05) is 25.9 Å². The number of ether oxygens (including phenoxy) is 1. The summed E-state index contributed by atoms with van der Waals surface area (Å²) in [4.78, 5) is 1.33. The number of piperidine rings is 2. The van der Waals surface area contributed by atoms with Crippen molar-refractivity contribution < 1.29 is 18.1 Å². The fourth-order valence-electron chi connectivity index (χ4n) is 2.71. The third-order valence-electron chi connectivity index (χ3n) is 3.89. The zero-order chi connectivity index (χ0) is 13.2. The van der Waals surface area contributed by atoms with Crippen molar-refractivity contribution in [2.45, 2.75) is 37.9 Å². The fourth-order valence-corrected chi connectivity index (χ4v) is 3.58. The van der Waals surface area contributed by atoms with Gasteiger partial charge in [-0.25, -0.2) is 12.7 Å². The molecule has 2 rings (SSSR count). The number of hydrogen-bond donors (Lipinski definition) is 1. The van der Waals surface area contributed by atoms with Gasteiger partial charge in [-0.15, -0.1) is 0 Å². The second kappa shape index (κ2) is 5.86.